The van der Waals surface area contributed by atoms with E-state index >= 15 is 0 Å². The lowest BCUT2D eigenvalue weighted by Gasteiger charge is -2.26. The van der Waals surface area contributed by atoms with Crippen molar-refractivity contribution >= 4 is 28.6 Å². The number of rotatable bonds is 4. The smallest absolute Gasteiger partial charge is 0.132 e. The second-order valence-electron chi connectivity index (χ2n) is 8.15. The lowest BCUT2D eigenvalue weighted by molar-refractivity contribution is 0.152. The Balaban J connectivity index is 1.54. The molecule has 4 nitrogen and oxygen atoms in total. The highest BCUT2D eigenvalue weighted by Crippen LogP contribution is 2.40. The number of halogens is 1. The molecule has 0 radical (unpaired) electrons. The first-order valence-electron chi connectivity index (χ1n) is 10.4. The van der Waals surface area contributed by atoms with Gasteiger partial charge in [0.05, 0.1) is 5.02 Å². The molecule has 1 atom stereocenters. The van der Waals surface area contributed by atoms with Crippen molar-refractivity contribution in [2.45, 2.75) is 38.6 Å². The van der Waals surface area contributed by atoms with Gasteiger partial charge in [0.1, 0.15) is 6.23 Å². The molecular weight excluding hydrogens is 382 g/mol. The molecule has 1 saturated heterocycles. The van der Waals surface area contributed by atoms with Gasteiger partial charge in [-0.15, -0.1) is 0 Å². The van der Waals surface area contributed by atoms with Crippen LogP contribution in [0.3, 0.4) is 0 Å². The third-order valence-corrected chi connectivity index (χ3v) is 6.68. The van der Waals surface area contributed by atoms with Crippen molar-refractivity contribution in [2.24, 2.45) is 0 Å². The summed E-state index contributed by atoms with van der Waals surface area (Å²) in [5.74, 6) is 0. The summed E-state index contributed by atoms with van der Waals surface area (Å²) >= 11 is 6.53. The molecule has 0 saturated carbocycles. The molecule has 1 unspecified atom stereocenters. The minimum Gasteiger partial charge on any atom is -0.374 e. The molecule has 150 valence electrons. The Hall–Kier alpha value is -2.11. The van der Waals surface area contributed by atoms with E-state index in [1.165, 1.54) is 43.3 Å². The second kappa shape index (κ2) is 7.62. The number of aromatic nitrogens is 1. The van der Waals surface area contributed by atoms with Gasteiger partial charge in [-0.3, -0.25) is 10.2 Å². The van der Waals surface area contributed by atoms with Crippen LogP contribution in [0.15, 0.2) is 36.9 Å². The first-order valence-corrected chi connectivity index (χ1v) is 10.8. The van der Waals surface area contributed by atoms with E-state index in [9.17, 15) is 5.11 Å². The first kappa shape index (κ1) is 18.9. The van der Waals surface area contributed by atoms with Crippen molar-refractivity contribution in [1.29, 1.82) is 0 Å². The minimum absolute atomic E-state index is 0.560. The number of aromatic amines is 1. The minimum atomic E-state index is -0.711. The van der Waals surface area contributed by atoms with Gasteiger partial charge >= 0.3 is 0 Å². The van der Waals surface area contributed by atoms with Crippen LogP contribution >= 0.6 is 11.6 Å². The molecule has 5 heteroatoms. The van der Waals surface area contributed by atoms with Crippen molar-refractivity contribution in [1.82, 2.24) is 15.2 Å². The summed E-state index contributed by atoms with van der Waals surface area (Å²) in [7, 11) is 0. The van der Waals surface area contributed by atoms with E-state index in [4.69, 9.17) is 11.6 Å². The van der Waals surface area contributed by atoms with Crippen LogP contribution in [0.25, 0.3) is 28.2 Å². The van der Waals surface area contributed by atoms with E-state index in [2.05, 4.69) is 46.0 Å². The summed E-state index contributed by atoms with van der Waals surface area (Å²) < 4.78 is 0. The highest BCUT2D eigenvalue weighted by atomic mass is 35.5. The van der Waals surface area contributed by atoms with E-state index < -0.39 is 6.23 Å². The third-order valence-electron chi connectivity index (χ3n) is 6.23. The molecule has 5 rings (SSSR count). The van der Waals surface area contributed by atoms with Gasteiger partial charge in [-0.05, 0) is 66.9 Å². The lowest BCUT2D eigenvalue weighted by Crippen LogP contribution is -2.28. The topological polar surface area (TPSA) is 51.3 Å². The number of hydrogen-bond acceptors (Lipinski definition) is 3. The Morgan fingerprint density at radius 3 is 2.79 bits per heavy atom. The molecule has 1 aromatic heterocycles. The summed E-state index contributed by atoms with van der Waals surface area (Å²) in [6.07, 6.45) is 5.03. The summed E-state index contributed by atoms with van der Waals surface area (Å²) in [4.78, 5) is 6.08. The monoisotopic (exact) mass is 407 g/mol. The molecule has 3 N–H and O–H groups in total. The number of benzene rings is 2. The second-order valence-corrected chi connectivity index (χ2v) is 8.53. The van der Waals surface area contributed by atoms with Gasteiger partial charge in [0.15, 0.2) is 0 Å². The Morgan fingerprint density at radius 2 is 2.00 bits per heavy atom. The van der Waals surface area contributed by atoms with Gasteiger partial charge in [-0.1, -0.05) is 36.7 Å². The molecule has 3 heterocycles. The number of likely N-dealkylation sites (tertiary alicyclic amines) is 1. The van der Waals surface area contributed by atoms with E-state index in [1.807, 2.05) is 6.07 Å². The number of piperidine rings is 1. The SMILES string of the molecule is C=Cc1cc(-c2cc3cc(CN4CCCCC4)ccc3[nH]2)c2c(c1Cl)CNC2O. The van der Waals surface area contributed by atoms with Crippen LogP contribution in [0, 0.1) is 0 Å². The highest BCUT2D eigenvalue weighted by molar-refractivity contribution is 6.33. The number of nitrogens with zero attached hydrogens (tertiary/aromatic N) is 1. The zero-order valence-corrected chi connectivity index (χ0v) is 17.2. The van der Waals surface area contributed by atoms with Crippen LogP contribution in [0.5, 0.6) is 0 Å². The fraction of sp³-hybridized carbons (Fsp3) is 0.333. The van der Waals surface area contributed by atoms with Crippen molar-refractivity contribution in [3.8, 4) is 11.3 Å². The van der Waals surface area contributed by atoms with Crippen LogP contribution < -0.4 is 5.32 Å². The number of aliphatic hydroxyl groups excluding tert-OH is 1. The molecule has 0 bridgehead atoms. The summed E-state index contributed by atoms with van der Waals surface area (Å²) in [5.41, 5.74) is 7.13. The van der Waals surface area contributed by atoms with Gasteiger partial charge in [0, 0.05) is 40.8 Å². The van der Waals surface area contributed by atoms with Crippen LogP contribution in [-0.4, -0.2) is 28.1 Å². The molecular formula is C24H26ClN3O. The number of fused-ring (bicyclic) bond motifs is 2. The van der Waals surface area contributed by atoms with Crippen molar-refractivity contribution in [3.63, 3.8) is 0 Å². The highest BCUT2D eigenvalue weighted by Gasteiger charge is 2.28. The Labute approximate surface area is 176 Å². The van der Waals surface area contributed by atoms with Crippen LogP contribution in [0.1, 0.15) is 47.7 Å². The van der Waals surface area contributed by atoms with E-state index in [0.717, 1.165) is 40.0 Å². The maximum Gasteiger partial charge on any atom is 0.132 e. The maximum absolute atomic E-state index is 10.5. The average Bonchev–Trinajstić information content (AvgIpc) is 3.33. The van der Waals surface area contributed by atoms with Gasteiger partial charge in [0.2, 0.25) is 0 Å². The van der Waals surface area contributed by atoms with Crippen molar-refractivity contribution in [3.05, 3.63) is 64.2 Å². The molecule has 1 fully saturated rings. The predicted molar refractivity (Wildman–Crippen MR) is 120 cm³/mol. The molecule has 2 aromatic carbocycles. The number of aliphatic hydroxyl groups is 1. The Kier molecular flexibility index (Phi) is 4.96. The zero-order chi connectivity index (χ0) is 20.0. The van der Waals surface area contributed by atoms with Gasteiger partial charge in [-0.25, -0.2) is 0 Å². The van der Waals surface area contributed by atoms with Crippen molar-refractivity contribution in [2.75, 3.05) is 13.1 Å². The number of hydrogen-bond donors (Lipinski definition) is 3. The summed E-state index contributed by atoms with van der Waals surface area (Å²) in [5, 5.41) is 15.5. The fourth-order valence-electron chi connectivity index (χ4n) is 4.71. The summed E-state index contributed by atoms with van der Waals surface area (Å²) in [6.45, 7) is 7.86. The normalized spacial score (nSPS) is 19.6. The Bertz CT molecular complexity index is 1080. The first-order chi connectivity index (χ1) is 14.1. The van der Waals surface area contributed by atoms with Crippen LogP contribution in [-0.2, 0) is 13.1 Å². The van der Waals surface area contributed by atoms with E-state index in [0.29, 0.717) is 11.6 Å². The zero-order valence-electron chi connectivity index (χ0n) is 16.5. The molecule has 2 aliphatic rings. The van der Waals surface area contributed by atoms with Gasteiger partial charge in [-0.2, -0.15) is 0 Å². The van der Waals surface area contributed by atoms with Gasteiger partial charge in [0.25, 0.3) is 0 Å². The van der Waals surface area contributed by atoms with Crippen LogP contribution in [0.2, 0.25) is 5.02 Å². The summed E-state index contributed by atoms with van der Waals surface area (Å²) in [6, 6.07) is 10.9. The number of H-pyrrole nitrogens is 1. The lowest BCUT2D eigenvalue weighted by atomic mass is 9.96. The fourth-order valence-corrected chi connectivity index (χ4v) is 5.01. The largest absolute Gasteiger partial charge is 0.374 e. The molecule has 2 aliphatic heterocycles. The molecule has 0 amide bonds. The quantitative estimate of drug-likeness (QED) is 0.556. The molecule has 0 aliphatic carbocycles. The number of nitrogens with one attached hydrogen (secondary N) is 2. The molecule has 29 heavy (non-hydrogen) atoms. The van der Waals surface area contributed by atoms with E-state index in [1.54, 1.807) is 6.08 Å². The maximum atomic E-state index is 10.5. The Morgan fingerprint density at radius 1 is 1.17 bits per heavy atom. The third kappa shape index (κ3) is 3.40. The predicted octanol–water partition coefficient (Wildman–Crippen LogP) is 5.21. The molecule has 0 spiro atoms. The van der Waals surface area contributed by atoms with Gasteiger partial charge < -0.3 is 10.1 Å². The standard InChI is InChI=1S/C24H26ClN3O/c1-2-16-11-18(22-19(23(16)25)13-26-24(22)29)21-12-17-10-15(6-7-20(17)27-21)14-28-8-4-3-5-9-28/h2,6-7,10-12,24,26-27,29H,1,3-5,8-9,13-14H2. The van der Waals surface area contributed by atoms with Crippen molar-refractivity contribution < 1.29 is 5.11 Å². The molecule has 3 aromatic rings. The van der Waals surface area contributed by atoms with E-state index in [-0.39, 0.29) is 0 Å². The van der Waals surface area contributed by atoms with Crippen LogP contribution in [0.4, 0.5) is 0 Å². The average molecular weight is 408 g/mol.